The first-order valence-corrected chi connectivity index (χ1v) is 9.22. The number of nitrogens with one attached hydrogen (secondary N) is 1. The number of carboxylic acid groups (broad SMARTS) is 1. The van der Waals surface area contributed by atoms with E-state index in [-0.39, 0.29) is 11.7 Å². The van der Waals surface area contributed by atoms with Gasteiger partial charge in [0, 0.05) is 18.3 Å². The molecule has 0 aliphatic rings. The van der Waals surface area contributed by atoms with E-state index in [4.69, 9.17) is 4.74 Å². The molecule has 0 fully saturated rings. The highest BCUT2D eigenvalue weighted by Crippen LogP contribution is 2.25. The number of hydrogen-bond donors (Lipinski definition) is 2. The van der Waals surface area contributed by atoms with Gasteiger partial charge >= 0.3 is 12.0 Å². The number of carboxylic acids is 1. The van der Waals surface area contributed by atoms with Gasteiger partial charge in [0.25, 0.3) is 0 Å². The molecule has 1 atom stereocenters. The molecule has 0 bridgehead atoms. The smallest absolute Gasteiger partial charge is 0.354 e. The summed E-state index contributed by atoms with van der Waals surface area (Å²) in [6.07, 6.45) is 3.87. The Morgan fingerprint density at radius 1 is 1.29 bits per heavy atom. The standard InChI is InChI=1S/C20H26N4O4/c1-5-7-14(6-2)24(18-13(3)8-9-16(22-18)19(25)26)20(27)23-17-12-15(28-4)10-11-21-17/h8-12,14H,5-7H2,1-4H3,(H,25,26)(H,21,23,27). The Morgan fingerprint density at radius 2 is 2.04 bits per heavy atom. The number of carbonyl (C=O) groups is 2. The third-order valence-electron chi connectivity index (χ3n) is 4.40. The number of aryl methyl sites for hydroxylation is 1. The molecule has 0 aliphatic carbocycles. The van der Waals surface area contributed by atoms with E-state index in [1.165, 1.54) is 24.3 Å². The summed E-state index contributed by atoms with van der Waals surface area (Å²) in [5, 5.41) is 12.1. The minimum Gasteiger partial charge on any atom is -0.497 e. The van der Waals surface area contributed by atoms with Crippen molar-refractivity contribution in [2.75, 3.05) is 17.3 Å². The van der Waals surface area contributed by atoms with E-state index in [0.717, 1.165) is 12.8 Å². The fourth-order valence-corrected chi connectivity index (χ4v) is 2.94. The maximum absolute atomic E-state index is 13.2. The molecule has 0 saturated heterocycles. The molecule has 0 aromatic carbocycles. The zero-order valence-electron chi connectivity index (χ0n) is 16.6. The number of amides is 2. The second kappa shape index (κ2) is 9.68. The van der Waals surface area contributed by atoms with E-state index in [1.54, 1.807) is 25.1 Å². The summed E-state index contributed by atoms with van der Waals surface area (Å²) in [6.45, 7) is 5.83. The van der Waals surface area contributed by atoms with Crippen LogP contribution in [-0.2, 0) is 0 Å². The molecule has 28 heavy (non-hydrogen) atoms. The van der Waals surface area contributed by atoms with Crippen LogP contribution in [0.15, 0.2) is 30.5 Å². The van der Waals surface area contributed by atoms with Crippen LogP contribution >= 0.6 is 0 Å². The molecule has 0 spiro atoms. The van der Waals surface area contributed by atoms with Gasteiger partial charge in [0.15, 0.2) is 5.69 Å². The van der Waals surface area contributed by atoms with Crippen molar-refractivity contribution in [3.05, 3.63) is 41.7 Å². The Morgan fingerprint density at radius 3 is 2.64 bits per heavy atom. The number of aromatic nitrogens is 2. The lowest BCUT2D eigenvalue weighted by molar-refractivity contribution is 0.0690. The second-order valence-electron chi connectivity index (χ2n) is 6.37. The fraction of sp³-hybridized carbons (Fsp3) is 0.400. The highest BCUT2D eigenvalue weighted by Gasteiger charge is 2.27. The molecule has 150 valence electrons. The van der Waals surface area contributed by atoms with E-state index in [1.807, 2.05) is 13.8 Å². The van der Waals surface area contributed by atoms with Crippen molar-refractivity contribution < 1.29 is 19.4 Å². The number of anilines is 2. The molecule has 2 aromatic rings. The first-order chi connectivity index (χ1) is 13.4. The molecule has 0 aliphatic heterocycles. The van der Waals surface area contributed by atoms with Crippen molar-refractivity contribution in [2.24, 2.45) is 0 Å². The number of pyridine rings is 2. The topological polar surface area (TPSA) is 105 Å². The molecule has 2 aromatic heterocycles. The van der Waals surface area contributed by atoms with Crippen molar-refractivity contribution in [2.45, 2.75) is 46.1 Å². The molecule has 0 radical (unpaired) electrons. The van der Waals surface area contributed by atoms with Gasteiger partial charge in [-0.1, -0.05) is 26.3 Å². The average molecular weight is 386 g/mol. The Kier molecular flexibility index (Phi) is 7.31. The third-order valence-corrected chi connectivity index (χ3v) is 4.40. The van der Waals surface area contributed by atoms with Crippen LogP contribution in [0.5, 0.6) is 5.75 Å². The highest BCUT2D eigenvalue weighted by molar-refractivity contribution is 6.02. The highest BCUT2D eigenvalue weighted by atomic mass is 16.5. The summed E-state index contributed by atoms with van der Waals surface area (Å²) in [7, 11) is 1.53. The van der Waals surface area contributed by atoms with Crippen LogP contribution in [-0.4, -0.2) is 40.2 Å². The fourth-order valence-electron chi connectivity index (χ4n) is 2.94. The number of urea groups is 1. The summed E-state index contributed by atoms with van der Waals surface area (Å²) < 4.78 is 5.17. The lowest BCUT2D eigenvalue weighted by Crippen LogP contribution is -2.44. The zero-order chi connectivity index (χ0) is 20.7. The summed E-state index contributed by atoms with van der Waals surface area (Å²) in [5.74, 6) is 0.104. The van der Waals surface area contributed by atoms with Gasteiger partial charge in [-0.05, 0) is 37.5 Å². The van der Waals surface area contributed by atoms with Crippen molar-refractivity contribution in [1.82, 2.24) is 9.97 Å². The van der Waals surface area contributed by atoms with Gasteiger partial charge in [-0.2, -0.15) is 0 Å². The number of methoxy groups -OCH3 is 1. The zero-order valence-corrected chi connectivity index (χ0v) is 16.6. The van der Waals surface area contributed by atoms with Crippen LogP contribution in [0, 0.1) is 6.92 Å². The van der Waals surface area contributed by atoms with Crippen LogP contribution in [0.4, 0.5) is 16.4 Å². The maximum Gasteiger partial charge on any atom is 0.354 e. The molecule has 2 N–H and O–H groups in total. The summed E-state index contributed by atoms with van der Waals surface area (Å²) in [5.41, 5.74) is 0.609. The average Bonchev–Trinajstić information content (AvgIpc) is 2.68. The van der Waals surface area contributed by atoms with Crippen LogP contribution in [0.3, 0.4) is 0 Å². The van der Waals surface area contributed by atoms with E-state index in [9.17, 15) is 14.7 Å². The maximum atomic E-state index is 13.2. The van der Waals surface area contributed by atoms with Gasteiger partial charge in [0.1, 0.15) is 17.4 Å². The molecule has 0 saturated carbocycles. The summed E-state index contributed by atoms with van der Waals surface area (Å²) in [4.78, 5) is 34.5. The van der Waals surface area contributed by atoms with Gasteiger partial charge in [-0.3, -0.25) is 10.2 Å². The third kappa shape index (κ3) is 4.97. The summed E-state index contributed by atoms with van der Waals surface area (Å²) in [6, 6.07) is 5.84. The van der Waals surface area contributed by atoms with E-state index >= 15 is 0 Å². The van der Waals surface area contributed by atoms with Crippen molar-refractivity contribution in [1.29, 1.82) is 0 Å². The second-order valence-corrected chi connectivity index (χ2v) is 6.37. The molecular formula is C20H26N4O4. The number of carbonyl (C=O) groups excluding carboxylic acids is 1. The minimum absolute atomic E-state index is 0.107. The Hall–Kier alpha value is -3.16. The van der Waals surface area contributed by atoms with Gasteiger partial charge in [0.2, 0.25) is 0 Å². The predicted octanol–water partition coefficient (Wildman–Crippen LogP) is 4.11. The quantitative estimate of drug-likeness (QED) is 0.707. The predicted molar refractivity (Wildman–Crippen MR) is 107 cm³/mol. The van der Waals surface area contributed by atoms with Gasteiger partial charge in [0.05, 0.1) is 7.11 Å². The lowest BCUT2D eigenvalue weighted by Gasteiger charge is -2.31. The van der Waals surface area contributed by atoms with E-state index in [2.05, 4.69) is 15.3 Å². The molecular weight excluding hydrogens is 360 g/mol. The van der Waals surface area contributed by atoms with E-state index in [0.29, 0.717) is 29.4 Å². The Bertz CT molecular complexity index is 841. The molecule has 2 rings (SSSR count). The molecule has 2 amide bonds. The first-order valence-electron chi connectivity index (χ1n) is 9.22. The van der Waals surface area contributed by atoms with Gasteiger partial charge < -0.3 is 9.84 Å². The van der Waals surface area contributed by atoms with E-state index < -0.39 is 12.0 Å². The molecule has 8 heteroatoms. The first kappa shape index (κ1) is 21.1. The van der Waals surface area contributed by atoms with Crippen molar-refractivity contribution >= 4 is 23.6 Å². The molecule has 1 unspecified atom stereocenters. The molecule has 8 nitrogen and oxygen atoms in total. The van der Waals surface area contributed by atoms with Gasteiger partial charge in [-0.15, -0.1) is 0 Å². The van der Waals surface area contributed by atoms with Crippen LogP contribution in [0.2, 0.25) is 0 Å². The monoisotopic (exact) mass is 386 g/mol. The minimum atomic E-state index is -1.14. The largest absolute Gasteiger partial charge is 0.497 e. The van der Waals surface area contributed by atoms with Crippen LogP contribution < -0.4 is 15.0 Å². The van der Waals surface area contributed by atoms with Crippen LogP contribution in [0.25, 0.3) is 0 Å². The number of hydrogen-bond acceptors (Lipinski definition) is 5. The Balaban J connectivity index is 2.45. The summed E-state index contributed by atoms with van der Waals surface area (Å²) >= 11 is 0. The Labute approximate surface area is 164 Å². The normalized spacial score (nSPS) is 11.6. The SMILES string of the molecule is CCCC(CC)N(C(=O)Nc1cc(OC)ccn1)c1nc(C(=O)O)ccc1C. The number of rotatable bonds is 8. The van der Waals surface area contributed by atoms with Crippen molar-refractivity contribution in [3.63, 3.8) is 0 Å². The molecule has 2 heterocycles. The van der Waals surface area contributed by atoms with Crippen LogP contribution in [0.1, 0.15) is 49.2 Å². The number of aromatic carboxylic acids is 1. The lowest BCUT2D eigenvalue weighted by atomic mass is 10.1. The number of nitrogens with zero attached hydrogens (tertiary/aromatic N) is 3. The number of ether oxygens (including phenoxy) is 1. The van der Waals surface area contributed by atoms with Crippen molar-refractivity contribution in [3.8, 4) is 5.75 Å². The van der Waals surface area contributed by atoms with Gasteiger partial charge in [-0.25, -0.2) is 19.6 Å².